The van der Waals surface area contributed by atoms with Crippen molar-refractivity contribution >= 4 is 10.8 Å². The van der Waals surface area contributed by atoms with Crippen molar-refractivity contribution in [3.8, 4) is 0 Å². The van der Waals surface area contributed by atoms with Crippen molar-refractivity contribution in [2.45, 2.75) is 22.4 Å². The maximum absolute atomic E-state index is 7.89. The molecule has 244 valence electrons. The fourth-order valence-electron chi connectivity index (χ4n) is 10.5. The van der Waals surface area contributed by atoms with Crippen LogP contribution < -0.4 is 0 Å². The van der Waals surface area contributed by atoms with Gasteiger partial charge in [-0.15, -0.1) is 0 Å². The molecular formula is C50H32O2. The average Bonchev–Trinajstić information content (AvgIpc) is 3.94. The second-order valence-corrected chi connectivity index (χ2v) is 14.6. The summed E-state index contributed by atoms with van der Waals surface area (Å²) in [6.45, 7) is 0. The molecule has 0 fully saturated rings. The molecule has 0 N–H and O–H groups in total. The Bertz CT molecular complexity index is 2560. The summed E-state index contributed by atoms with van der Waals surface area (Å²) in [4.78, 5) is 0. The number of hydrogen-bond acceptors (Lipinski definition) is 2. The normalized spacial score (nSPS) is 25.5. The molecule has 2 heteroatoms. The molecule has 0 saturated heterocycles. The Balaban J connectivity index is 1.31. The Hall–Kier alpha value is -6.06. The van der Waals surface area contributed by atoms with Crippen molar-refractivity contribution in [2.24, 2.45) is 0 Å². The predicted molar refractivity (Wildman–Crippen MR) is 204 cm³/mol. The Morgan fingerprint density at radius 2 is 0.538 bits per heavy atom. The van der Waals surface area contributed by atoms with Crippen molar-refractivity contribution in [1.29, 1.82) is 0 Å². The van der Waals surface area contributed by atoms with Crippen LogP contribution >= 0.6 is 0 Å². The molecule has 4 bridgehead atoms. The van der Waals surface area contributed by atoms with Gasteiger partial charge in [0.15, 0.2) is 0 Å². The highest BCUT2D eigenvalue weighted by atomic mass is 16.5. The van der Waals surface area contributed by atoms with E-state index < -0.39 is 22.4 Å². The van der Waals surface area contributed by atoms with Crippen LogP contribution in [0.15, 0.2) is 194 Å². The molecule has 0 radical (unpaired) electrons. The molecule has 0 amide bonds. The minimum absolute atomic E-state index is 0.798. The first-order valence-electron chi connectivity index (χ1n) is 18.2. The van der Waals surface area contributed by atoms with Gasteiger partial charge in [0.1, 0.15) is 22.4 Å². The number of ether oxygens (including phenoxy) is 2. The van der Waals surface area contributed by atoms with Crippen molar-refractivity contribution in [3.63, 3.8) is 0 Å². The monoisotopic (exact) mass is 664 g/mol. The largest absolute Gasteiger partial charge is 0.340 e. The molecule has 8 aromatic rings. The van der Waals surface area contributed by atoms with Crippen LogP contribution in [0.25, 0.3) is 10.8 Å². The molecule has 4 atom stereocenters. The Morgan fingerprint density at radius 3 is 0.885 bits per heavy atom. The van der Waals surface area contributed by atoms with Gasteiger partial charge < -0.3 is 9.47 Å². The van der Waals surface area contributed by atoms with Crippen LogP contribution in [0.2, 0.25) is 0 Å². The molecule has 4 aliphatic heterocycles. The van der Waals surface area contributed by atoms with E-state index in [2.05, 4.69) is 194 Å². The summed E-state index contributed by atoms with van der Waals surface area (Å²) in [5.41, 5.74) is 10.8. The summed E-state index contributed by atoms with van der Waals surface area (Å²) < 4.78 is 15.8. The van der Waals surface area contributed by atoms with Gasteiger partial charge in [-0.05, 0) is 55.3 Å². The fraction of sp³-hybridized carbons (Fsp3) is 0.0800. The molecule has 8 aromatic carbocycles. The van der Waals surface area contributed by atoms with Gasteiger partial charge >= 0.3 is 0 Å². The third kappa shape index (κ3) is 3.09. The molecular weight excluding hydrogens is 633 g/mol. The molecule has 0 aliphatic carbocycles. The highest BCUT2D eigenvalue weighted by Gasteiger charge is 2.68. The average molecular weight is 665 g/mol. The zero-order chi connectivity index (χ0) is 34.1. The summed E-state index contributed by atoms with van der Waals surface area (Å²) in [5.74, 6) is 0. The second-order valence-electron chi connectivity index (χ2n) is 14.6. The van der Waals surface area contributed by atoms with Crippen LogP contribution in [0.3, 0.4) is 0 Å². The van der Waals surface area contributed by atoms with Crippen molar-refractivity contribution in [2.75, 3.05) is 0 Å². The Kier molecular flexibility index (Phi) is 5.41. The molecule has 4 aliphatic rings. The van der Waals surface area contributed by atoms with Crippen LogP contribution in [0, 0.1) is 0 Å². The van der Waals surface area contributed by atoms with E-state index in [1.54, 1.807) is 0 Å². The Morgan fingerprint density at radius 1 is 0.250 bits per heavy atom. The molecule has 4 heterocycles. The third-order valence-electron chi connectivity index (χ3n) is 12.4. The maximum Gasteiger partial charge on any atom is 0.147 e. The first-order chi connectivity index (χ1) is 25.7. The van der Waals surface area contributed by atoms with E-state index in [-0.39, 0.29) is 0 Å². The van der Waals surface area contributed by atoms with Crippen LogP contribution in [0.1, 0.15) is 66.8 Å². The first kappa shape index (κ1) is 28.6. The van der Waals surface area contributed by atoms with Gasteiger partial charge in [-0.2, -0.15) is 0 Å². The molecule has 0 unspecified atom stereocenters. The number of benzene rings is 8. The molecule has 52 heavy (non-hydrogen) atoms. The molecule has 0 saturated carbocycles. The SMILES string of the molecule is c1ccc([C@@]23O[C@@](c4ccccc4)(c4ccccc42)c2c3ccc3ccc4c(c23)[C@@]2(c3ccccc3)O[C@]4(c3ccccc3)c3ccccc32)cc1. The van der Waals surface area contributed by atoms with Gasteiger partial charge in [-0.3, -0.25) is 0 Å². The van der Waals surface area contributed by atoms with Gasteiger partial charge in [0.25, 0.3) is 0 Å². The van der Waals surface area contributed by atoms with E-state index in [1.807, 2.05) is 0 Å². The minimum atomic E-state index is -0.864. The maximum atomic E-state index is 7.89. The summed E-state index contributed by atoms with van der Waals surface area (Å²) in [5, 5.41) is 2.39. The van der Waals surface area contributed by atoms with Crippen LogP contribution in [-0.4, -0.2) is 0 Å². The lowest BCUT2D eigenvalue weighted by Gasteiger charge is -2.36. The smallest absolute Gasteiger partial charge is 0.147 e. The number of rotatable bonds is 4. The van der Waals surface area contributed by atoms with Gasteiger partial charge in [-0.25, -0.2) is 0 Å². The highest BCUT2D eigenvalue weighted by Crippen LogP contribution is 2.71. The fourth-order valence-corrected chi connectivity index (χ4v) is 10.5. The quantitative estimate of drug-likeness (QED) is 0.186. The van der Waals surface area contributed by atoms with Crippen molar-refractivity contribution in [3.05, 3.63) is 261 Å². The zero-order valence-corrected chi connectivity index (χ0v) is 28.3. The summed E-state index contributed by atoms with van der Waals surface area (Å²) in [6, 6.07) is 70.4. The zero-order valence-electron chi connectivity index (χ0n) is 28.3. The highest BCUT2D eigenvalue weighted by molar-refractivity contribution is 5.99. The lowest BCUT2D eigenvalue weighted by atomic mass is 9.63. The van der Waals surface area contributed by atoms with E-state index in [9.17, 15) is 0 Å². The van der Waals surface area contributed by atoms with Crippen LogP contribution in [0.5, 0.6) is 0 Å². The number of fused-ring (bicyclic) bond motifs is 19. The lowest BCUT2D eigenvalue weighted by molar-refractivity contribution is -0.0267. The van der Waals surface area contributed by atoms with Gasteiger partial charge in [0, 0.05) is 22.3 Å². The summed E-state index contributed by atoms with van der Waals surface area (Å²) >= 11 is 0. The molecule has 12 rings (SSSR count). The molecule has 0 spiro atoms. The van der Waals surface area contributed by atoms with Crippen molar-refractivity contribution in [1.82, 2.24) is 0 Å². The van der Waals surface area contributed by atoms with Gasteiger partial charge in [0.2, 0.25) is 0 Å². The summed E-state index contributed by atoms with van der Waals surface area (Å²) in [7, 11) is 0. The minimum Gasteiger partial charge on any atom is -0.340 e. The van der Waals surface area contributed by atoms with Gasteiger partial charge in [-0.1, -0.05) is 194 Å². The summed E-state index contributed by atoms with van der Waals surface area (Å²) in [6.07, 6.45) is 0. The molecule has 2 nitrogen and oxygen atoms in total. The predicted octanol–water partition coefficient (Wildman–Crippen LogP) is 10.7. The topological polar surface area (TPSA) is 18.5 Å². The van der Waals surface area contributed by atoms with E-state index in [0.29, 0.717) is 0 Å². The van der Waals surface area contributed by atoms with E-state index in [1.165, 1.54) is 55.3 Å². The van der Waals surface area contributed by atoms with Crippen LogP contribution in [-0.2, 0) is 31.9 Å². The third-order valence-corrected chi connectivity index (χ3v) is 12.4. The van der Waals surface area contributed by atoms with E-state index in [0.717, 1.165) is 22.3 Å². The van der Waals surface area contributed by atoms with Gasteiger partial charge in [0.05, 0.1) is 0 Å². The second kappa shape index (κ2) is 9.83. The standard InChI is InChI=1S/C50H32O2/c1-5-17-34(18-6-1)47-38-25-13-15-27-40(38)49(51-47,36-21-9-3-10-22-36)45-42(47)31-29-33-30-32-43-46(44(33)45)50(37-23-11-4-12-24-37)41-28-16-14-26-39(41)48(43,52-50)35-19-7-2-8-20-35/h1-32H/t47-,48-,49+,50+/m1/s1. The van der Waals surface area contributed by atoms with E-state index >= 15 is 0 Å². The van der Waals surface area contributed by atoms with E-state index in [4.69, 9.17) is 9.47 Å². The van der Waals surface area contributed by atoms with Crippen molar-refractivity contribution < 1.29 is 9.47 Å². The van der Waals surface area contributed by atoms with Crippen LogP contribution in [0.4, 0.5) is 0 Å². The number of hydrogen-bond donors (Lipinski definition) is 0. The Labute approximate surface area is 302 Å². The first-order valence-corrected chi connectivity index (χ1v) is 18.2. The molecule has 0 aromatic heterocycles. The lowest BCUT2D eigenvalue weighted by Crippen LogP contribution is -2.31.